The molecule has 3 heterocycles. The van der Waals surface area contributed by atoms with Crippen molar-refractivity contribution < 1.29 is 4.39 Å². The van der Waals surface area contributed by atoms with E-state index in [4.69, 9.17) is 12.2 Å². The van der Waals surface area contributed by atoms with Gasteiger partial charge < -0.3 is 14.8 Å². The van der Waals surface area contributed by atoms with Gasteiger partial charge in [-0.3, -0.25) is 4.98 Å². The summed E-state index contributed by atoms with van der Waals surface area (Å²) in [6.45, 7) is 6.20. The van der Waals surface area contributed by atoms with E-state index in [1.54, 1.807) is 12.1 Å². The van der Waals surface area contributed by atoms with Gasteiger partial charge in [-0.2, -0.15) is 0 Å². The predicted molar refractivity (Wildman–Crippen MR) is 134 cm³/mol. The number of halogens is 1. The average Bonchev–Trinajstić information content (AvgIpc) is 3.30. The molecule has 2 aromatic carbocycles. The Kier molecular flexibility index (Phi) is 5.46. The van der Waals surface area contributed by atoms with E-state index < -0.39 is 0 Å². The van der Waals surface area contributed by atoms with Crippen LogP contribution in [0.2, 0.25) is 0 Å². The average molecular weight is 457 g/mol. The Labute approximate surface area is 198 Å². The fraction of sp³-hybridized carbons (Fsp3) is 0.185. The highest BCUT2D eigenvalue weighted by Crippen LogP contribution is 2.43. The number of aromatic nitrogens is 2. The highest BCUT2D eigenvalue weighted by atomic mass is 32.1. The first-order valence-electron chi connectivity index (χ1n) is 11.0. The molecule has 166 valence electrons. The van der Waals surface area contributed by atoms with Crippen LogP contribution in [0, 0.1) is 26.6 Å². The first kappa shape index (κ1) is 21.3. The van der Waals surface area contributed by atoms with Crippen LogP contribution in [0.4, 0.5) is 10.1 Å². The molecule has 33 heavy (non-hydrogen) atoms. The molecule has 1 aliphatic heterocycles. The minimum absolute atomic E-state index is 0.108. The fourth-order valence-electron chi connectivity index (χ4n) is 4.75. The summed E-state index contributed by atoms with van der Waals surface area (Å²) in [5.41, 5.74) is 7.16. The number of benzene rings is 2. The van der Waals surface area contributed by atoms with Crippen molar-refractivity contribution in [2.75, 3.05) is 4.90 Å². The molecular formula is C27H25FN4S. The highest BCUT2D eigenvalue weighted by molar-refractivity contribution is 7.80. The maximum absolute atomic E-state index is 14.0. The molecule has 0 amide bonds. The van der Waals surface area contributed by atoms with Crippen LogP contribution in [0.3, 0.4) is 0 Å². The van der Waals surface area contributed by atoms with Gasteiger partial charge in [0.05, 0.1) is 17.8 Å². The van der Waals surface area contributed by atoms with Crippen LogP contribution >= 0.6 is 12.2 Å². The van der Waals surface area contributed by atoms with Crippen molar-refractivity contribution in [3.8, 4) is 5.69 Å². The zero-order valence-electron chi connectivity index (χ0n) is 18.8. The second-order valence-electron chi connectivity index (χ2n) is 8.47. The van der Waals surface area contributed by atoms with E-state index in [1.807, 2.05) is 37.4 Å². The van der Waals surface area contributed by atoms with Gasteiger partial charge in [0.15, 0.2) is 5.11 Å². The number of nitrogens with one attached hydrogen (secondary N) is 1. The Balaban J connectivity index is 1.68. The van der Waals surface area contributed by atoms with Crippen LogP contribution in [0.1, 0.15) is 40.3 Å². The van der Waals surface area contributed by atoms with Crippen molar-refractivity contribution in [3.05, 3.63) is 113 Å². The van der Waals surface area contributed by atoms with Crippen molar-refractivity contribution in [3.63, 3.8) is 0 Å². The minimum atomic E-state index is -0.252. The molecule has 0 bridgehead atoms. The third-order valence-corrected chi connectivity index (χ3v) is 6.58. The van der Waals surface area contributed by atoms with E-state index in [1.165, 1.54) is 11.6 Å². The molecule has 4 nitrogen and oxygen atoms in total. The number of hydrogen-bond acceptors (Lipinski definition) is 2. The summed E-state index contributed by atoms with van der Waals surface area (Å²) in [5.74, 6) is -0.252. The predicted octanol–water partition coefficient (Wildman–Crippen LogP) is 6.11. The molecule has 4 aromatic rings. The molecule has 1 aliphatic rings. The fourth-order valence-corrected chi connectivity index (χ4v) is 5.10. The van der Waals surface area contributed by atoms with Gasteiger partial charge in [-0.25, -0.2) is 4.39 Å². The molecule has 6 heteroatoms. The third-order valence-electron chi connectivity index (χ3n) is 6.27. The monoisotopic (exact) mass is 456 g/mol. The number of nitrogens with zero attached hydrogens (tertiary/aromatic N) is 3. The normalized spacial score (nSPS) is 17.9. The van der Waals surface area contributed by atoms with Crippen LogP contribution in [-0.2, 0) is 0 Å². The Morgan fingerprint density at radius 1 is 0.909 bits per heavy atom. The lowest BCUT2D eigenvalue weighted by Crippen LogP contribution is -2.29. The maximum Gasteiger partial charge on any atom is 0.174 e. The molecule has 2 atom stereocenters. The Bertz CT molecular complexity index is 1310. The lowest BCUT2D eigenvalue weighted by Gasteiger charge is -2.28. The topological polar surface area (TPSA) is 33.1 Å². The quantitative estimate of drug-likeness (QED) is 0.376. The molecule has 1 N–H and O–H groups in total. The second-order valence-corrected chi connectivity index (χ2v) is 8.86. The number of thiocarbonyl (C=S) groups is 1. The SMILES string of the molecule is Cc1ccc(N2C(=S)N[C@H](c3ccccn3)[C@@H]2c2cc(C)n(-c3cccc(F)c3)c2C)cc1. The summed E-state index contributed by atoms with van der Waals surface area (Å²) >= 11 is 5.83. The van der Waals surface area contributed by atoms with E-state index in [2.05, 4.69) is 63.9 Å². The summed E-state index contributed by atoms with van der Waals surface area (Å²) in [6, 6.07) is 23.0. The molecule has 0 aliphatic carbocycles. The zero-order valence-corrected chi connectivity index (χ0v) is 19.6. The van der Waals surface area contributed by atoms with Gasteiger partial charge in [0.25, 0.3) is 0 Å². The number of pyridine rings is 1. The lowest BCUT2D eigenvalue weighted by molar-refractivity contribution is 0.565. The van der Waals surface area contributed by atoms with Gasteiger partial charge in [-0.1, -0.05) is 29.8 Å². The highest BCUT2D eigenvalue weighted by Gasteiger charge is 2.42. The molecule has 0 spiro atoms. The summed E-state index contributed by atoms with van der Waals surface area (Å²) < 4.78 is 16.1. The Morgan fingerprint density at radius 2 is 1.70 bits per heavy atom. The van der Waals surface area contributed by atoms with Gasteiger partial charge in [0.1, 0.15) is 5.82 Å². The van der Waals surface area contributed by atoms with Crippen LogP contribution in [0.15, 0.2) is 79.0 Å². The molecule has 1 fully saturated rings. The van der Waals surface area contributed by atoms with Crippen molar-refractivity contribution in [1.82, 2.24) is 14.9 Å². The number of anilines is 1. The van der Waals surface area contributed by atoms with Crippen LogP contribution in [-0.4, -0.2) is 14.7 Å². The van der Waals surface area contributed by atoms with Gasteiger partial charge in [0, 0.05) is 29.0 Å². The number of rotatable bonds is 4. The molecule has 0 unspecified atom stereocenters. The molecule has 0 saturated carbocycles. The first-order chi connectivity index (χ1) is 15.9. The third kappa shape index (κ3) is 3.80. The summed E-state index contributed by atoms with van der Waals surface area (Å²) in [6.07, 6.45) is 1.81. The van der Waals surface area contributed by atoms with Gasteiger partial charge in [0.2, 0.25) is 0 Å². The summed E-state index contributed by atoms with van der Waals surface area (Å²) in [4.78, 5) is 6.81. The van der Waals surface area contributed by atoms with E-state index >= 15 is 0 Å². The molecule has 0 radical (unpaired) electrons. The van der Waals surface area contributed by atoms with Crippen LogP contribution < -0.4 is 10.2 Å². The smallest absolute Gasteiger partial charge is 0.174 e. The van der Waals surface area contributed by atoms with Crippen molar-refractivity contribution in [1.29, 1.82) is 0 Å². The molecule has 5 rings (SSSR count). The van der Waals surface area contributed by atoms with Gasteiger partial charge in [-0.15, -0.1) is 0 Å². The van der Waals surface area contributed by atoms with Crippen molar-refractivity contribution in [2.45, 2.75) is 32.9 Å². The van der Waals surface area contributed by atoms with E-state index in [9.17, 15) is 4.39 Å². The molecular weight excluding hydrogens is 431 g/mol. The molecule has 1 saturated heterocycles. The second kappa shape index (κ2) is 8.45. The minimum Gasteiger partial charge on any atom is -0.351 e. The standard InChI is InChI=1S/C27H25FN4S/c1-17-10-12-21(13-11-17)32-26(25(30-27(32)33)24-9-4-5-14-29-24)23-15-18(2)31(19(23)3)22-8-6-7-20(28)16-22/h4-16,25-26H,1-3H3,(H,30,33)/t25-,26+/m1/s1. The summed E-state index contributed by atoms with van der Waals surface area (Å²) in [5, 5.41) is 4.17. The zero-order chi connectivity index (χ0) is 23.1. The van der Waals surface area contributed by atoms with Crippen molar-refractivity contribution in [2.24, 2.45) is 0 Å². The first-order valence-corrected chi connectivity index (χ1v) is 11.4. The molecule has 2 aromatic heterocycles. The van der Waals surface area contributed by atoms with Crippen LogP contribution in [0.25, 0.3) is 5.69 Å². The van der Waals surface area contributed by atoms with Crippen LogP contribution in [0.5, 0.6) is 0 Å². The van der Waals surface area contributed by atoms with E-state index in [0.29, 0.717) is 5.11 Å². The Hall–Kier alpha value is -3.51. The van der Waals surface area contributed by atoms with E-state index in [-0.39, 0.29) is 17.9 Å². The number of hydrogen-bond donors (Lipinski definition) is 1. The number of aryl methyl sites for hydroxylation is 2. The van der Waals surface area contributed by atoms with Crippen molar-refractivity contribution >= 4 is 23.0 Å². The van der Waals surface area contributed by atoms with Gasteiger partial charge in [-0.05, 0) is 87.1 Å². The van der Waals surface area contributed by atoms with E-state index in [0.717, 1.165) is 34.0 Å². The largest absolute Gasteiger partial charge is 0.351 e. The lowest BCUT2D eigenvalue weighted by atomic mass is 9.96. The Morgan fingerprint density at radius 3 is 2.39 bits per heavy atom. The maximum atomic E-state index is 14.0. The van der Waals surface area contributed by atoms with Gasteiger partial charge >= 0.3 is 0 Å². The summed E-state index contributed by atoms with van der Waals surface area (Å²) in [7, 11) is 0.